The zero-order valence-electron chi connectivity index (χ0n) is 11.4. The standard InChI is InChI=1S/C17H15NO2/c1-11-9-13(18-2)7-8-14(11)15-10-12-5-3-4-6-16(12)20-17(15)19/h3-10,18H,1-2H3. The first-order chi connectivity index (χ1) is 9.69. The molecule has 0 fully saturated rings. The van der Waals surface area contributed by atoms with Crippen molar-refractivity contribution in [1.82, 2.24) is 0 Å². The minimum absolute atomic E-state index is 0.302. The summed E-state index contributed by atoms with van der Waals surface area (Å²) >= 11 is 0. The quantitative estimate of drug-likeness (QED) is 0.716. The molecule has 0 atom stereocenters. The average molecular weight is 265 g/mol. The molecular weight excluding hydrogens is 250 g/mol. The van der Waals surface area contributed by atoms with Gasteiger partial charge in [0.05, 0.1) is 5.56 Å². The van der Waals surface area contributed by atoms with E-state index in [2.05, 4.69) is 5.32 Å². The number of rotatable bonds is 2. The summed E-state index contributed by atoms with van der Waals surface area (Å²) in [6, 6.07) is 15.4. The Kier molecular flexibility index (Phi) is 3.03. The molecule has 3 aromatic rings. The number of aryl methyl sites for hydroxylation is 1. The highest BCUT2D eigenvalue weighted by atomic mass is 16.4. The van der Waals surface area contributed by atoms with Crippen LogP contribution in [0, 0.1) is 6.92 Å². The van der Waals surface area contributed by atoms with Crippen molar-refractivity contribution in [3.8, 4) is 11.1 Å². The smallest absolute Gasteiger partial charge is 0.344 e. The molecule has 0 amide bonds. The number of hydrogen-bond acceptors (Lipinski definition) is 3. The number of anilines is 1. The SMILES string of the molecule is CNc1ccc(-c2cc3ccccc3oc2=O)c(C)c1. The average Bonchev–Trinajstić information content (AvgIpc) is 2.46. The largest absolute Gasteiger partial charge is 0.422 e. The van der Waals surface area contributed by atoms with E-state index in [0.29, 0.717) is 11.1 Å². The predicted octanol–water partition coefficient (Wildman–Crippen LogP) is 3.81. The van der Waals surface area contributed by atoms with Crippen molar-refractivity contribution in [2.75, 3.05) is 12.4 Å². The second kappa shape index (κ2) is 4.85. The van der Waals surface area contributed by atoms with Crippen molar-refractivity contribution in [2.45, 2.75) is 6.92 Å². The highest BCUT2D eigenvalue weighted by Gasteiger charge is 2.10. The fraction of sp³-hybridized carbons (Fsp3) is 0.118. The van der Waals surface area contributed by atoms with E-state index in [0.717, 1.165) is 22.2 Å². The molecule has 0 spiro atoms. The number of fused-ring (bicyclic) bond motifs is 1. The van der Waals surface area contributed by atoms with Gasteiger partial charge in [-0.1, -0.05) is 24.3 Å². The molecule has 0 aliphatic carbocycles. The molecule has 0 saturated carbocycles. The van der Waals surface area contributed by atoms with Gasteiger partial charge in [0.25, 0.3) is 0 Å². The summed E-state index contributed by atoms with van der Waals surface area (Å²) in [5.74, 6) is 0. The molecule has 100 valence electrons. The summed E-state index contributed by atoms with van der Waals surface area (Å²) in [4.78, 5) is 12.2. The van der Waals surface area contributed by atoms with Crippen LogP contribution in [0.1, 0.15) is 5.56 Å². The maximum atomic E-state index is 12.2. The van der Waals surface area contributed by atoms with E-state index in [1.54, 1.807) is 6.07 Å². The van der Waals surface area contributed by atoms with Gasteiger partial charge in [0.15, 0.2) is 0 Å². The van der Waals surface area contributed by atoms with E-state index >= 15 is 0 Å². The Bertz CT molecular complexity index is 834. The lowest BCUT2D eigenvalue weighted by Crippen LogP contribution is -2.04. The highest BCUT2D eigenvalue weighted by Crippen LogP contribution is 2.26. The zero-order chi connectivity index (χ0) is 14.1. The Balaban J connectivity index is 2.24. The lowest BCUT2D eigenvalue weighted by atomic mass is 10.0. The first kappa shape index (κ1) is 12.5. The lowest BCUT2D eigenvalue weighted by Gasteiger charge is -2.08. The van der Waals surface area contributed by atoms with E-state index in [1.165, 1.54) is 0 Å². The van der Waals surface area contributed by atoms with Crippen LogP contribution in [0.25, 0.3) is 22.1 Å². The summed E-state index contributed by atoms with van der Waals surface area (Å²) in [6.07, 6.45) is 0. The molecule has 0 bridgehead atoms. The monoisotopic (exact) mass is 265 g/mol. The van der Waals surface area contributed by atoms with Gasteiger partial charge in [0.1, 0.15) is 5.58 Å². The van der Waals surface area contributed by atoms with Gasteiger partial charge in [0, 0.05) is 18.1 Å². The maximum absolute atomic E-state index is 12.2. The van der Waals surface area contributed by atoms with Crippen LogP contribution in [0.2, 0.25) is 0 Å². The van der Waals surface area contributed by atoms with E-state index < -0.39 is 0 Å². The molecule has 1 aromatic heterocycles. The first-order valence-electron chi connectivity index (χ1n) is 6.51. The topological polar surface area (TPSA) is 42.2 Å². The Morgan fingerprint density at radius 3 is 2.55 bits per heavy atom. The van der Waals surface area contributed by atoms with Gasteiger partial charge in [-0.15, -0.1) is 0 Å². The molecule has 3 rings (SSSR count). The van der Waals surface area contributed by atoms with Crippen LogP contribution < -0.4 is 10.9 Å². The zero-order valence-corrected chi connectivity index (χ0v) is 11.4. The highest BCUT2D eigenvalue weighted by molar-refractivity contribution is 5.82. The maximum Gasteiger partial charge on any atom is 0.344 e. The minimum Gasteiger partial charge on any atom is -0.422 e. The van der Waals surface area contributed by atoms with Gasteiger partial charge in [0.2, 0.25) is 0 Å². The second-order valence-corrected chi connectivity index (χ2v) is 4.77. The summed E-state index contributed by atoms with van der Waals surface area (Å²) in [6.45, 7) is 1.99. The molecule has 3 heteroatoms. The fourth-order valence-corrected chi connectivity index (χ4v) is 2.37. The van der Waals surface area contributed by atoms with Crippen LogP contribution >= 0.6 is 0 Å². The Morgan fingerprint density at radius 1 is 1.00 bits per heavy atom. The molecular formula is C17H15NO2. The number of benzene rings is 2. The van der Waals surface area contributed by atoms with Crippen molar-refractivity contribution in [2.24, 2.45) is 0 Å². The minimum atomic E-state index is -0.302. The van der Waals surface area contributed by atoms with Crippen molar-refractivity contribution >= 4 is 16.7 Å². The molecule has 0 aliphatic heterocycles. The summed E-state index contributed by atoms with van der Waals surface area (Å²) in [7, 11) is 1.87. The Labute approximate surface area is 116 Å². The third-order valence-electron chi connectivity index (χ3n) is 3.45. The number of nitrogens with one attached hydrogen (secondary N) is 1. The van der Waals surface area contributed by atoms with E-state index in [-0.39, 0.29) is 5.63 Å². The second-order valence-electron chi connectivity index (χ2n) is 4.77. The van der Waals surface area contributed by atoms with Crippen LogP contribution in [-0.4, -0.2) is 7.05 Å². The van der Waals surface area contributed by atoms with Gasteiger partial charge < -0.3 is 9.73 Å². The molecule has 0 unspecified atom stereocenters. The number of para-hydroxylation sites is 1. The lowest BCUT2D eigenvalue weighted by molar-refractivity contribution is 0.563. The van der Waals surface area contributed by atoms with Crippen molar-refractivity contribution in [3.05, 3.63) is 64.5 Å². The fourth-order valence-electron chi connectivity index (χ4n) is 2.37. The molecule has 3 nitrogen and oxygen atoms in total. The van der Waals surface area contributed by atoms with Gasteiger partial charge in [-0.25, -0.2) is 4.79 Å². The Hall–Kier alpha value is -2.55. The molecule has 1 heterocycles. The predicted molar refractivity (Wildman–Crippen MR) is 82.2 cm³/mol. The summed E-state index contributed by atoms with van der Waals surface area (Å²) in [5, 5.41) is 4.02. The van der Waals surface area contributed by atoms with E-state index in [9.17, 15) is 4.79 Å². The van der Waals surface area contributed by atoms with Gasteiger partial charge in [-0.2, -0.15) is 0 Å². The molecule has 20 heavy (non-hydrogen) atoms. The van der Waals surface area contributed by atoms with Gasteiger partial charge in [-0.3, -0.25) is 0 Å². The van der Waals surface area contributed by atoms with Crippen LogP contribution in [-0.2, 0) is 0 Å². The van der Waals surface area contributed by atoms with Crippen LogP contribution in [0.15, 0.2) is 57.7 Å². The third kappa shape index (κ3) is 2.07. The van der Waals surface area contributed by atoms with Gasteiger partial charge in [-0.05, 0) is 42.3 Å². The van der Waals surface area contributed by atoms with Crippen molar-refractivity contribution in [1.29, 1.82) is 0 Å². The van der Waals surface area contributed by atoms with Gasteiger partial charge >= 0.3 is 5.63 Å². The molecule has 2 aromatic carbocycles. The summed E-state index contributed by atoms with van der Waals surface area (Å²) < 4.78 is 5.39. The molecule has 0 aliphatic rings. The van der Waals surface area contributed by atoms with Crippen LogP contribution in [0.4, 0.5) is 5.69 Å². The third-order valence-corrected chi connectivity index (χ3v) is 3.45. The normalized spacial score (nSPS) is 10.7. The molecule has 0 radical (unpaired) electrons. The molecule has 1 N–H and O–H groups in total. The molecule has 0 saturated heterocycles. The summed E-state index contributed by atoms with van der Waals surface area (Å²) in [5.41, 5.74) is 3.89. The van der Waals surface area contributed by atoms with Crippen LogP contribution in [0.5, 0.6) is 0 Å². The van der Waals surface area contributed by atoms with Crippen LogP contribution in [0.3, 0.4) is 0 Å². The van der Waals surface area contributed by atoms with E-state index in [4.69, 9.17) is 4.42 Å². The van der Waals surface area contributed by atoms with Crippen molar-refractivity contribution < 1.29 is 4.42 Å². The van der Waals surface area contributed by atoms with Crippen molar-refractivity contribution in [3.63, 3.8) is 0 Å². The number of hydrogen-bond donors (Lipinski definition) is 1. The van der Waals surface area contributed by atoms with E-state index in [1.807, 2.05) is 56.4 Å². The first-order valence-corrected chi connectivity index (χ1v) is 6.51. The Morgan fingerprint density at radius 2 is 1.80 bits per heavy atom.